The van der Waals surface area contributed by atoms with Gasteiger partial charge in [0.05, 0.1) is 24.7 Å². The van der Waals surface area contributed by atoms with Gasteiger partial charge in [0.2, 0.25) is 0 Å². The lowest BCUT2D eigenvalue weighted by Gasteiger charge is -2.34. The molecular weight excluding hydrogens is 447 g/mol. The Labute approximate surface area is 193 Å². The van der Waals surface area contributed by atoms with Crippen molar-refractivity contribution < 1.29 is 13.2 Å². The van der Waals surface area contributed by atoms with Crippen LogP contribution in [0.4, 0.5) is 19.0 Å². The molecule has 1 aliphatic rings. The molecule has 0 unspecified atom stereocenters. The molecule has 1 atom stereocenters. The van der Waals surface area contributed by atoms with Crippen LogP contribution in [0.15, 0.2) is 52.1 Å². The average molecular weight is 469 g/mol. The summed E-state index contributed by atoms with van der Waals surface area (Å²) in [5, 5.41) is 9.44. The first-order chi connectivity index (χ1) is 16.2. The summed E-state index contributed by atoms with van der Waals surface area (Å²) in [5.74, 6) is -1.95. The van der Waals surface area contributed by atoms with Crippen molar-refractivity contribution in [1.82, 2.24) is 9.13 Å². The van der Waals surface area contributed by atoms with E-state index in [2.05, 4.69) is 0 Å². The molecule has 1 fully saturated rings. The lowest BCUT2D eigenvalue weighted by atomic mass is 10.1. The van der Waals surface area contributed by atoms with Crippen molar-refractivity contribution in [3.05, 3.63) is 97.4 Å². The zero-order valence-electron chi connectivity index (χ0n) is 18.2. The predicted octanol–water partition coefficient (Wildman–Crippen LogP) is 2.32. The Hall–Kier alpha value is -3.84. The van der Waals surface area contributed by atoms with Crippen LogP contribution in [-0.4, -0.2) is 28.3 Å². The van der Waals surface area contributed by atoms with Gasteiger partial charge in [-0.3, -0.25) is 13.9 Å². The van der Waals surface area contributed by atoms with Crippen molar-refractivity contribution in [2.45, 2.75) is 32.0 Å². The molecule has 2 N–H and O–H groups in total. The largest absolute Gasteiger partial charge is 0.356 e. The van der Waals surface area contributed by atoms with Crippen LogP contribution in [-0.2, 0) is 13.1 Å². The van der Waals surface area contributed by atoms with Crippen LogP contribution in [0.1, 0.15) is 29.5 Å². The molecule has 1 aromatic heterocycles. The highest BCUT2D eigenvalue weighted by molar-refractivity contribution is 5.43. The van der Waals surface area contributed by atoms with E-state index in [1.54, 1.807) is 0 Å². The van der Waals surface area contributed by atoms with Crippen molar-refractivity contribution >= 4 is 5.82 Å². The molecule has 1 saturated heterocycles. The lowest BCUT2D eigenvalue weighted by Crippen LogP contribution is -2.48. The van der Waals surface area contributed by atoms with Crippen molar-refractivity contribution in [2.75, 3.05) is 18.0 Å². The van der Waals surface area contributed by atoms with E-state index in [1.165, 1.54) is 16.7 Å². The zero-order chi connectivity index (χ0) is 24.4. The number of hydrogen-bond donors (Lipinski definition) is 1. The smallest absolute Gasteiger partial charge is 0.333 e. The van der Waals surface area contributed by atoms with Gasteiger partial charge in [0, 0.05) is 31.3 Å². The number of benzene rings is 2. The maximum Gasteiger partial charge on any atom is 0.333 e. The van der Waals surface area contributed by atoms with Gasteiger partial charge in [0.1, 0.15) is 23.3 Å². The van der Waals surface area contributed by atoms with Crippen LogP contribution < -0.4 is 21.9 Å². The van der Waals surface area contributed by atoms with Crippen LogP contribution >= 0.6 is 0 Å². The first-order valence-electron chi connectivity index (χ1n) is 10.7. The van der Waals surface area contributed by atoms with Crippen molar-refractivity contribution in [1.29, 1.82) is 5.26 Å². The van der Waals surface area contributed by atoms with Gasteiger partial charge < -0.3 is 10.6 Å². The van der Waals surface area contributed by atoms with Gasteiger partial charge in [-0.05, 0) is 54.3 Å². The summed E-state index contributed by atoms with van der Waals surface area (Å²) in [4.78, 5) is 28.2. The van der Waals surface area contributed by atoms with Crippen LogP contribution in [0.3, 0.4) is 0 Å². The Morgan fingerprint density at radius 2 is 1.71 bits per heavy atom. The maximum absolute atomic E-state index is 13.9. The van der Waals surface area contributed by atoms with E-state index in [4.69, 9.17) is 5.73 Å². The fourth-order valence-electron chi connectivity index (χ4n) is 4.24. The second kappa shape index (κ2) is 9.57. The van der Waals surface area contributed by atoms with Crippen molar-refractivity contribution in [2.24, 2.45) is 5.73 Å². The van der Waals surface area contributed by atoms with E-state index in [9.17, 15) is 28.0 Å². The Bertz CT molecular complexity index is 1370. The SMILES string of the molecule is N#Cc1ccc(F)cc1Cn1c(N2CCC[C@@H](N)C2)cc(=O)n(Cc2cc(F)cc(F)c2)c1=O. The van der Waals surface area contributed by atoms with E-state index in [0.29, 0.717) is 25.0 Å². The Kier molecular flexibility index (Phi) is 6.56. The molecular formula is C24H22F3N5O2. The highest BCUT2D eigenvalue weighted by Crippen LogP contribution is 2.20. The molecule has 3 aromatic rings. The quantitative estimate of drug-likeness (QED) is 0.619. The van der Waals surface area contributed by atoms with Crippen LogP contribution in [0.2, 0.25) is 0 Å². The number of piperidine rings is 1. The van der Waals surface area contributed by atoms with Gasteiger partial charge >= 0.3 is 5.69 Å². The number of nitrogens with zero attached hydrogens (tertiary/aromatic N) is 4. The summed E-state index contributed by atoms with van der Waals surface area (Å²) in [7, 11) is 0. The minimum atomic E-state index is -0.833. The maximum atomic E-state index is 13.9. The number of halogens is 3. The first-order valence-corrected chi connectivity index (χ1v) is 10.7. The summed E-state index contributed by atoms with van der Waals surface area (Å²) in [6.07, 6.45) is 1.55. The third-order valence-corrected chi connectivity index (χ3v) is 5.82. The molecule has 0 saturated carbocycles. The molecule has 0 bridgehead atoms. The molecule has 1 aliphatic heterocycles. The molecule has 34 heavy (non-hydrogen) atoms. The van der Waals surface area contributed by atoms with Crippen LogP contribution in [0.5, 0.6) is 0 Å². The second-order valence-corrected chi connectivity index (χ2v) is 8.33. The van der Waals surface area contributed by atoms with Gasteiger partial charge in [-0.25, -0.2) is 18.0 Å². The summed E-state index contributed by atoms with van der Waals surface area (Å²) in [6, 6.07) is 9.49. The Morgan fingerprint density at radius 3 is 2.38 bits per heavy atom. The van der Waals surface area contributed by atoms with Crippen molar-refractivity contribution in [3.63, 3.8) is 0 Å². The third kappa shape index (κ3) is 4.89. The number of rotatable bonds is 5. The fraction of sp³-hybridized carbons (Fsp3) is 0.292. The normalized spacial score (nSPS) is 15.9. The number of nitrogens with two attached hydrogens (primary N) is 1. The minimum Gasteiger partial charge on any atom is -0.356 e. The topological polar surface area (TPSA) is 97.1 Å². The van der Waals surface area contributed by atoms with Crippen LogP contribution in [0, 0.1) is 28.8 Å². The summed E-state index contributed by atoms with van der Waals surface area (Å²) >= 11 is 0. The minimum absolute atomic E-state index is 0.0967. The average Bonchev–Trinajstić information content (AvgIpc) is 2.78. The van der Waals surface area contributed by atoms with E-state index in [1.807, 2.05) is 11.0 Å². The summed E-state index contributed by atoms with van der Waals surface area (Å²) in [6.45, 7) is 0.422. The first kappa shape index (κ1) is 23.3. The predicted molar refractivity (Wildman–Crippen MR) is 120 cm³/mol. The number of anilines is 1. The summed E-state index contributed by atoms with van der Waals surface area (Å²) in [5.41, 5.74) is 5.22. The van der Waals surface area contributed by atoms with E-state index in [0.717, 1.165) is 41.7 Å². The van der Waals surface area contributed by atoms with Crippen LogP contribution in [0.25, 0.3) is 0 Å². The van der Waals surface area contributed by atoms with E-state index >= 15 is 0 Å². The van der Waals surface area contributed by atoms with Gasteiger partial charge in [0.25, 0.3) is 5.56 Å². The number of hydrogen-bond acceptors (Lipinski definition) is 5. The number of nitriles is 1. The molecule has 176 valence electrons. The number of aromatic nitrogens is 2. The standard InChI is InChI=1S/C24H22F3N5O2/c25-18-4-3-16(11-28)17(8-18)13-31-22(30-5-1-2-21(29)14-30)10-23(33)32(24(31)34)12-15-6-19(26)9-20(27)7-15/h3-4,6-10,21H,1-2,5,12-14,29H2/t21-/m1/s1. The molecule has 4 rings (SSSR count). The fourth-order valence-corrected chi connectivity index (χ4v) is 4.24. The molecule has 0 amide bonds. The molecule has 7 nitrogen and oxygen atoms in total. The second-order valence-electron chi connectivity index (χ2n) is 8.33. The van der Waals surface area contributed by atoms with Gasteiger partial charge in [-0.1, -0.05) is 0 Å². The summed E-state index contributed by atoms with van der Waals surface area (Å²) < 4.78 is 43.4. The Morgan fingerprint density at radius 1 is 0.971 bits per heavy atom. The lowest BCUT2D eigenvalue weighted by molar-refractivity contribution is 0.489. The molecule has 0 aliphatic carbocycles. The molecule has 0 radical (unpaired) electrons. The monoisotopic (exact) mass is 469 g/mol. The van der Waals surface area contributed by atoms with Gasteiger partial charge in [-0.15, -0.1) is 0 Å². The zero-order valence-corrected chi connectivity index (χ0v) is 18.2. The van der Waals surface area contributed by atoms with E-state index < -0.39 is 28.7 Å². The molecule has 0 spiro atoms. The van der Waals surface area contributed by atoms with E-state index in [-0.39, 0.29) is 35.8 Å². The third-order valence-electron chi connectivity index (χ3n) is 5.82. The van der Waals surface area contributed by atoms with Gasteiger partial charge in [-0.2, -0.15) is 5.26 Å². The van der Waals surface area contributed by atoms with Gasteiger partial charge in [0.15, 0.2) is 0 Å². The highest BCUT2D eigenvalue weighted by Gasteiger charge is 2.23. The molecule has 2 aromatic carbocycles. The highest BCUT2D eigenvalue weighted by atomic mass is 19.1. The molecule has 2 heterocycles. The van der Waals surface area contributed by atoms with Crippen molar-refractivity contribution in [3.8, 4) is 6.07 Å². The Balaban J connectivity index is 1.86. The molecule has 10 heteroatoms.